The van der Waals surface area contributed by atoms with Gasteiger partial charge in [-0.3, -0.25) is 0 Å². The van der Waals surface area contributed by atoms with Crippen molar-refractivity contribution >= 4 is 11.4 Å². The van der Waals surface area contributed by atoms with Crippen molar-refractivity contribution in [2.75, 3.05) is 17.6 Å². The second-order valence-corrected chi connectivity index (χ2v) is 3.74. The summed E-state index contributed by atoms with van der Waals surface area (Å²) in [4.78, 5) is 0. The molecule has 0 aliphatic rings. The third kappa shape index (κ3) is 3.44. The molecule has 0 amide bonds. The average Bonchev–Trinajstić information content (AvgIpc) is 2.27. The summed E-state index contributed by atoms with van der Waals surface area (Å²) >= 11 is 0. The highest BCUT2D eigenvalue weighted by molar-refractivity contribution is 5.68. The van der Waals surface area contributed by atoms with Crippen LogP contribution in [0.4, 0.5) is 11.4 Å². The lowest BCUT2D eigenvalue weighted by atomic mass is 10.1. The molecule has 4 nitrogen and oxygen atoms in total. The number of nitriles is 1. The summed E-state index contributed by atoms with van der Waals surface area (Å²) in [5.74, 6) is 0. The first kappa shape index (κ1) is 12.3. The van der Waals surface area contributed by atoms with Gasteiger partial charge in [-0.05, 0) is 24.6 Å². The highest BCUT2D eigenvalue weighted by Crippen LogP contribution is 2.19. The number of nitrogens with two attached hydrogens (primary N) is 1. The Kier molecular flexibility index (Phi) is 4.62. The average molecular weight is 219 g/mol. The molecular weight excluding hydrogens is 202 g/mol. The highest BCUT2D eigenvalue weighted by atomic mass is 16.3. The predicted molar refractivity (Wildman–Crippen MR) is 65.0 cm³/mol. The fourth-order valence-electron chi connectivity index (χ4n) is 1.46. The van der Waals surface area contributed by atoms with Gasteiger partial charge in [0.05, 0.1) is 29.1 Å². The number of aliphatic hydroxyl groups is 1. The molecule has 0 aliphatic carbocycles. The summed E-state index contributed by atoms with van der Waals surface area (Å²) in [5, 5.41) is 21.3. The number of nitrogen functional groups attached to an aromatic ring is 1. The van der Waals surface area contributed by atoms with Crippen LogP contribution in [0.3, 0.4) is 0 Å². The van der Waals surface area contributed by atoms with E-state index in [2.05, 4.69) is 5.32 Å². The van der Waals surface area contributed by atoms with Crippen LogP contribution in [0.2, 0.25) is 0 Å². The third-order valence-corrected chi connectivity index (χ3v) is 2.33. The smallest absolute Gasteiger partial charge is 0.0992 e. The number of hydrogen-bond donors (Lipinski definition) is 3. The highest BCUT2D eigenvalue weighted by Gasteiger charge is 2.04. The molecule has 1 atom stereocenters. The molecule has 4 heteroatoms. The first-order valence-corrected chi connectivity index (χ1v) is 5.39. The van der Waals surface area contributed by atoms with E-state index in [1.54, 1.807) is 18.2 Å². The van der Waals surface area contributed by atoms with E-state index in [1.165, 1.54) is 0 Å². The topological polar surface area (TPSA) is 82.1 Å². The van der Waals surface area contributed by atoms with Crippen molar-refractivity contribution in [3.8, 4) is 6.07 Å². The van der Waals surface area contributed by atoms with Gasteiger partial charge in [-0.1, -0.05) is 13.3 Å². The second kappa shape index (κ2) is 5.99. The molecule has 0 spiro atoms. The predicted octanol–water partition coefficient (Wildman–Crippen LogP) is 1.71. The van der Waals surface area contributed by atoms with Gasteiger partial charge in [0.15, 0.2) is 0 Å². The molecular formula is C12H17N3O. The molecule has 0 saturated heterocycles. The number of benzene rings is 1. The molecule has 1 aromatic rings. The minimum Gasteiger partial charge on any atom is -0.397 e. The standard InChI is InChI=1S/C12H17N3O/c1-2-3-10(16)8-15-12-5-4-9(7-13)6-11(12)14/h4-6,10,15-16H,2-3,8,14H2,1H3. The number of rotatable bonds is 5. The molecule has 0 saturated carbocycles. The van der Waals surface area contributed by atoms with E-state index in [-0.39, 0.29) is 6.10 Å². The number of aliphatic hydroxyl groups excluding tert-OH is 1. The molecule has 0 radical (unpaired) electrons. The van der Waals surface area contributed by atoms with Crippen molar-refractivity contribution in [2.24, 2.45) is 0 Å². The normalized spacial score (nSPS) is 11.8. The number of nitrogens with one attached hydrogen (secondary N) is 1. The number of nitrogens with zero attached hydrogens (tertiary/aromatic N) is 1. The van der Waals surface area contributed by atoms with Crippen molar-refractivity contribution in [1.82, 2.24) is 0 Å². The van der Waals surface area contributed by atoms with Crippen LogP contribution in [0.1, 0.15) is 25.3 Å². The molecule has 0 bridgehead atoms. The minimum absolute atomic E-state index is 0.361. The summed E-state index contributed by atoms with van der Waals surface area (Å²) in [6, 6.07) is 7.10. The van der Waals surface area contributed by atoms with Gasteiger partial charge in [-0.2, -0.15) is 5.26 Å². The Hall–Kier alpha value is -1.73. The SMILES string of the molecule is CCCC(O)CNc1ccc(C#N)cc1N. The summed E-state index contributed by atoms with van der Waals surface area (Å²) in [7, 11) is 0. The lowest BCUT2D eigenvalue weighted by molar-refractivity contribution is 0.176. The van der Waals surface area contributed by atoms with E-state index in [0.29, 0.717) is 17.8 Å². The molecule has 0 aromatic heterocycles. The van der Waals surface area contributed by atoms with Gasteiger partial charge in [0, 0.05) is 6.54 Å². The lowest BCUT2D eigenvalue weighted by Crippen LogP contribution is -2.19. The van der Waals surface area contributed by atoms with Crippen LogP contribution in [0.5, 0.6) is 0 Å². The Labute approximate surface area is 95.7 Å². The Morgan fingerprint density at radius 3 is 2.88 bits per heavy atom. The van der Waals surface area contributed by atoms with Crippen molar-refractivity contribution in [2.45, 2.75) is 25.9 Å². The molecule has 16 heavy (non-hydrogen) atoms. The van der Waals surface area contributed by atoms with Crippen molar-refractivity contribution in [3.05, 3.63) is 23.8 Å². The maximum absolute atomic E-state index is 9.55. The van der Waals surface area contributed by atoms with E-state index < -0.39 is 0 Å². The zero-order valence-electron chi connectivity index (χ0n) is 9.40. The number of hydrogen-bond acceptors (Lipinski definition) is 4. The molecule has 0 fully saturated rings. The Balaban J connectivity index is 2.58. The van der Waals surface area contributed by atoms with Gasteiger partial charge >= 0.3 is 0 Å². The van der Waals surface area contributed by atoms with Crippen LogP contribution in [0.25, 0.3) is 0 Å². The van der Waals surface area contributed by atoms with Crippen LogP contribution < -0.4 is 11.1 Å². The van der Waals surface area contributed by atoms with Crippen LogP contribution in [0, 0.1) is 11.3 Å². The number of anilines is 2. The van der Waals surface area contributed by atoms with Gasteiger partial charge in [0.2, 0.25) is 0 Å². The molecule has 86 valence electrons. The summed E-state index contributed by atoms with van der Waals surface area (Å²) in [6.45, 7) is 2.50. The Morgan fingerprint density at radius 2 is 2.31 bits per heavy atom. The maximum Gasteiger partial charge on any atom is 0.0992 e. The molecule has 0 aliphatic heterocycles. The first-order chi connectivity index (χ1) is 7.67. The fraction of sp³-hybridized carbons (Fsp3) is 0.417. The zero-order chi connectivity index (χ0) is 12.0. The molecule has 1 rings (SSSR count). The summed E-state index contributed by atoms with van der Waals surface area (Å²) < 4.78 is 0. The van der Waals surface area contributed by atoms with E-state index in [9.17, 15) is 5.11 Å². The summed E-state index contributed by atoms with van der Waals surface area (Å²) in [6.07, 6.45) is 1.36. The van der Waals surface area contributed by atoms with E-state index >= 15 is 0 Å². The van der Waals surface area contributed by atoms with Crippen molar-refractivity contribution < 1.29 is 5.11 Å². The molecule has 0 heterocycles. The van der Waals surface area contributed by atoms with E-state index in [4.69, 9.17) is 11.0 Å². The van der Waals surface area contributed by atoms with Gasteiger partial charge in [-0.15, -0.1) is 0 Å². The van der Waals surface area contributed by atoms with Gasteiger partial charge in [0.25, 0.3) is 0 Å². The Bertz CT molecular complexity index is 384. The third-order valence-electron chi connectivity index (χ3n) is 2.33. The monoisotopic (exact) mass is 219 g/mol. The van der Waals surface area contributed by atoms with Crippen molar-refractivity contribution in [1.29, 1.82) is 5.26 Å². The minimum atomic E-state index is -0.361. The van der Waals surface area contributed by atoms with Gasteiger partial charge in [-0.25, -0.2) is 0 Å². The quantitative estimate of drug-likeness (QED) is 0.658. The van der Waals surface area contributed by atoms with Crippen LogP contribution in [-0.2, 0) is 0 Å². The maximum atomic E-state index is 9.55. The van der Waals surface area contributed by atoms with Gasteiger partial charge < -0.3 is 16.2 Å². The summed E-state index contributed by atoms with van der Waals surface area (Å²) in [5.41, 5.74) is 7.59. The lowest BCUT2D eigenvalue weighted by Gasteiger charge is -2.13. The largest absolute Gasteiger partial charge is 0.397 e. The van der Waals surface area contributed by atoms with Crippen LogP contribution in [0.15, 0.2) is 18.2 Å². The van der Waals surface area contributed by atoms with E-state index in [0.717, 1.165) is 18.5 Å². The molecule has 1 aromatic carbocycles. The molecule has 1 unspecified atom stereocenters. The Morgan fingerprint density at radius 1 is 1.56 bits per heavy atom. The first-order valence-electron chi connectivity index (χ1n) is 5.39. The van der Waals surface area contributed by atoms with Crippen molar-refractivity contribution in [3.63, 3.8) is 0 Å². The zero-order valence-corrected chi connectivity index (χ0v) is 9.40. The fourth-order valence-corrected chi connectivity index (χ4v) is 1.46. The van der Waals surface area contributed by atoms with Crippen LogP contribution in [-0.4, -0.2) is 17.8 Å². The van der Waals surface area contributed by atoms with E-state index in [1.807, 2.05) is 13.0 Å². The van der Waals surface area contributed by atoms with Crippen LogP contribution >= 0.6 is 0 Å². The molecule has 4 N–H and O–H groups in total. The second-order valence-electron chi connectivity index (χ2n) is 3.74. The van der Waals surface area contributed by atoms with Gasteiger partial charge in [0.1, 0.15) is 0 Å².